The number of anilines is 1. The normalized spacial score (nSPS) is 25.8. The average molecular weight is 784 g/mol. The van der Waals surface area contributed by atoms with E-state index in [1.165, 1.54) is 34.2 Å². The van der Waals surface area contributed by atoms with Crippen molar-refractivity contribution in [3.8, 4) is 6.07 Å². The van der Waals surface area contributed by atoms with Crippen molar-refractivity contribution in [2.45, 2.75) is 75.4 Å². The van der Waals surface area contributed by atoms with Crippen molar-refractivity contribution in [2.75, 3.05) is 4.90 Å². The molecule has 3 saturated carbocycles. The number of halogens is 2. The Morgan fingerprint density at radius 3 is 2.33 bits per heavy atom. The van der Waals surface area contributed by atoms with Gasteiger partial charge in [-0.3, -0.25) is 29.1 Å². The number of nitrogens with one attached hydrogen (secondary N) is 2. The first-order chi connectivity index (χ1) is 26.2. The van der Waals surface area contributed by atoms with E-state index in [9.17, 15) is 34.3 Å². The molecule has 5 aliphatic rings. The van der Waals surface area contributed by atoms with E-state index >= 15 is 0 Å². The number of amides is 4. The second-order valence-corrected chi connectivity index (χ2v) is 16.1. The molecule has 55 heavy (non-hydrogen) atoms. The van der Waals surface area contributed by atoms with E-state index in [1.54, 1.807) is 48.4 Å². The predicted octanol–water partition coefficient (Wildman–Crippen LogP) is 3.51. The number of carbonyl (C=O) groups excluding carboxylic acids is 4. The lowest BCUT2D eigenvalue weighted by molar-refractivity contribution is -0.138. The highest BCUT2D eigenvalue weighted by molar-refractivity contribution is 6.35. The number of primary amides is 1. The summed E-state index contributed by atoms with van der Waals surface area (Å²) < 4.78 is 0. The van der Waals surface area contributed by atoms with Crippen LogP contribution in [0.25, 0.3) is 0 Å². The Labute approximate surface area is 325 Å². The van der Waals surface area contributed by atoms with Crippen LogP contribution in [-0.4, -0.2) is 67.4 Å². The number of aromatic nitrogens is 1. The zero-order valence-corrected chi connectivity index (χ0v) is 31.1. The van der Waals surface area contributed by atoms with Gasteiger partial charge in [-0.15, -0.1) is 0 Å². The monoisotopic (exact) mass is 782 g/mol. The van der Waals surface area contributed by atoms with E-state index in [0.29, 0.717) is 36.2 Å². The number of nitrogens with two attached hydrogens (primary N) is 1. The van der Waals surface area contributed by atoms with Crippen molar-refractivity contribution >= 4 is 58.5 Å². The Hall–Kier alpha value is -5.65. The van der Waals surface area contributed by atoms with Gasteiger partial charge in [0.2, 0.25) is 17.7 Å². The number of pyridine rings is 1. The SMILES string of the molecule is C[C@@]1(Cc2ccc(C#N)cc2)C(=O)N(c2cc(Cl)cc(Cl)c2)C2N(C3CC3(C(N)=O)C(=O)NC3(c4cc(CNC(=O)C5CC5)ccn4)CC3)C=C(C(=O)O)N21. The van der Waals surface area contributed by atoms with Gasteiger partial charge in [0.15, 0.2) is 6.29 Å². The summed E-state index contributed by atoms with van der Waals surface area (Å²) in [5.41, 5.74) is 4.41. The Kier molecular flexibility index (Phi) is 8.58. The van der Waals surface area contributed by atoms with E-state index in [2.05, 4.69) is 21.7 Å². The first kappa shape index (κ1) is 36.3. The molecule has 1 aromatic heterocycles. The molecule has 3 heterocycles. The number of carbonyl (C=O) groups is 5. The van der Waals surface area contributed by atoms with Gasteiger partial charge in [0.05, 0.1) is 34.6 Å². The Bertz CT molecular complexity index is 2230. The first-order valence-corrected chi connectivity index (χ1v) is 18.6. The van der Waals surface area contributed by atoms with E-state index < -0.39 is 52.5 Å². The summed E-state index contributed by atoms with van der Waals surface area (Å²) in [5.74, 6) is -3.29. The summed E-state index contributed by atoms with van der Waals surface area (Å²) in [6.45, 7) is 1.94. The largest absolute Gasteiger partial charge is 0.477 e. The van der Waals surface area contributed by atoms with Crippen molar-refractivity contribution in [1.82, 2.24) is 25.4 Å². The van der Waals surface area contributed by atoms with Crippen LogP contribution in [0.2, 0.25) is 10.0 Å². The zero-order chi connectivity index (χ0) is 39.0. The van der Waals surface area contributed by atoms with Gasteiger partial charge in [0.1, 0.15) is 16.7 Å². The summed E-state index contributed by atoms with van der Waals surface area (Å²) in [6.07, 6.45) is 4.68. The number of hydrogen-bond acceptors (Lipinski definition) is 9. The average Bonchev–Trinajstić information content (AvgIpc) is 4.06. The van der Waals surface area contributed by atoms with Crippen LogP contribution in [-0.2, 0) is 42.5 Å². The van der Waals surface area contributed by atoms with Crippen molar-refractivity contribution in [3.63, 3.8) is 0 Å². The number of carboxylic acid groups (broad SMARTS) is 1. The fourth-order valence-electron chi connectivity index (χ4n) is 8.01. The third-order valence-electron chi connectivity index (χ3n) is 11.4. The number of fused-ring (bicyclic) bond motifs is 1. The molecule has 8 rings (SSSR count). The quantitative estimate of drug-likeness (QED) is 0.197. The third-order valence-corrected chi connectivity index (χ3v) is 11.8. The van der Waals surface area contributed by atoms with E-state index in [4.69, 9.17) is 28.9 Å². The maximum absolute atomic E-state index is 14.8. The molecule has 0 bridgehead atoms. The molecule has 3 aliphatic carbocycles. The molecule has 4 atom stereocenters. The van der Waals surface area contributed by atoms with E-state index in [1.807, 2.05) is 6.07 Å². The predicted molar refractivity (Wildman–Crippen MR) is 198 cm³/mol. The second-order valence-electron chi connectivity index (χ2n) is 15.2. The van der Waals surface area contributed by atoms with Gasteiger partial charge in [-0.1, -0.05) is 35.3 Å². The fourth-order valence-corrected chi connectivity index (χ4v) is 8.52. The smallest absolute Gasteiger partial charge is 0.353 e. The Morgan fingerprint density at radius 2 is 1.73 bits per heavy atom. The molecule has 14 nitrogen and oxygen atoms in total. The maximum Gasteiger partial charge on any atom is 0.353 e. The second kappa shape index (κ2) is 13.0. The molecule has 3 unspecified atom stereocenters. The summed E-state index contributed by atoms with van der Waals surface area (Å²) in [6, 6.07) is 15.9. The highest BCUT2D eigenvalue weighted by atomic mass is 35.5. The Balaban J connectivity index is 1.12. The number of aliphatic carboxylic acids is 1. The molecule has 4 amide bonds. The molecule has 1 saturated heterocycles. The molecule has 2 aliphatic heterocycles. The summed E-state index contributed by atoms with van der Waals surface area (Å²) in [5, 5.41) is 26.4. The highest BCUT2D eigenvalue weighted by Gasteiger charge is 2.73. The molecule has 2 aromatic carbocycles. The number of rotatable bonds is 12. The van der Waals surface area contributed by atoms with Gasteiger partial charge >= 0.3 is 5.97 Å². The van der Waals surface area contributed by atoms with Crippen molar-refractivity contribution < 1.29 is 29.1 Å². The van der Waals surface area contributed by atoms with Gasteiger partial charge in [-0.25, -0.2) is 4.79 Å². The zero-order valence-electron chi connectivity index (χ0n) is 29.6. The molecule has 5 N–H and O–H groups in total. The van der Waals surface area contributed by atoms with Crippen LogP contribution < -0.4 is 21.3 Å². The molecular weight excluding hydrogens is 747 g/mol. The van der Waals surface area contributed by atoms with E-state index in [-0.39, 0.29) is 46.1 Å². The fraction of sp³-hybridized carbons (Fsp3) is 0.359. The van der Waals surface area contributed by atoms with Crippen molar-refractivity contribution in [3.05, 3.63) is 105 Å². The van der Waals surface area contributed by atoms with Gasteiger partial charge < -0.3 is 31.3 Å². The maximum atomic E-state index is 14.8. The van der Waals surface area contributed by atoms with Crippen LogP contribution in [0.3, 0.4) is 0 Å². The van der Waals surface area contributed by atoms with Crippen LogP contribution in [0.5, 0.6) is 0 Å². The van der Waals surface area contributed by atoms with Crippen molar-refractivity contribution in [2.24, 2.45) is 17.1 Å². The lowest BCUT2D eigenvalue weighted by Crippen LogP contribution is -2.53. The molecule has 3 aromatic rings. The van der Waals surface area contributed by atoms with Gasteiger partial charge in [0.25, 0.3) is 5.91 Å². The number of nitriles is 1. The minimum atomic E-state index is -1.78. The lowest BCUT2D eigenvalue weighted by atomic mass is 9.90. The minimum Gasteiger partial charge on any atom is -0.477 e. The highest BCUT2D eigenvalue weighted by Crippen LogP contribution is 2.57. The van der Waals surface area contributed by atoms with Crippen LogP contribution in [0.4, 0.5) is 5.69 Å². The standard InChI is InChI=1S/C39H36Cl2N8O6/c1-37(16-21-2-4-22(18-42)5-3-21)35(55)48(27-14-25(40)13-26(41)15-27)36-47(20-28(32(51)52)49(36)37)30-17-39(30,33(43)53)34(54)46-38(9-10-38)29-12-23(8-11-44-29)19-45-31(50)24-6-7-24/h2-5,8,11-15,20,24,30,36H,6-7,9-10,16-17,19H2,1H3,(H2,43,53)(H,45,50)(H,46,54)(H,51,52)/t30?,36?,37-,39?/m1/s1. The number of carboxylic acids is 1. The number of nitrogens with zero attached hydrogens (tertiary/aromatic N) is 5. The minimum absolute atomic E-state index is 0.00659. The first-order valence-electron chi connectivity index (χ1n) is 17.9. The molecule has 16 heteroatoms. The molecule has 0 radical (unpaired) electrons. The van der Waals surface area contributed by atoms with Crippen molar-refractivity contribution in [1.29, 1.82) is 5.26 Å². The third kappa shape index (κ3) is 6.11. The van der Waals surface area contributed by atoms with E-state index in [0.717, 1.165) is 18.4 Å². The van der Waals surface area contributed by atoms with Crippen LogP contribution in [0.1, 0.15) is 61.4 Å². The Morgan fingerprint density at radius 1 is 1.04 bits per heavy atom. The molecule has 0 spiro atoms. The molecule has 4 fully saturated rings. The van der Waals surface area contributed by atoms with Crippen LogP contribution >= 0.6 is 23.2 Å². The lowest BCUT2D eigenvalue weighted by Gasteiger charge is -2.37. The summed E-state index contributed by atoms with van der Waals surface area (Å²) in [7, 11) is 0. The molecular formula is C39H36Cl2N8O6. The van der Waals surface area contributed by atoms with Crippen LogP contribution in [0, 0.1) is 22.7 Å². The number of benzene rings is 2. The molecule has 282 valence electrons. The van der Waals surface area contributed by atoms with Gasteiger partial charge in [-0.2, -0.15) is 5.26 Å². The van der Waals surface area contributed by atoms with Crippen LogP contribution in [0.15, 0.2) is 72.7 Å². The summed E-state index contributed by atoms with van der Waals surface area (Å²) in [4.78, 5) is 76.7. The number of hydrogen-bond donors (Lipinski definition) is 4. The topological polar surface area (TPSA) is 202 Å². The van der Waals surface area contributed by atoms with Gasteiger partial charge in [-0.05, 0) is 92.6 Å². The van der Waals surface area contributed by atoms with Gasteiger partial charge in [0, 0.05) is 41.3 Å². The summed E-state index contributed by atoms with van der Waals surface area (Å²) >= 11 is 12.8.